The van der Waals surface area contributed by atoms with E-state index in [1.165, 1.54) is 43.2 Å². The van der Waals surface area contributed by atoms with E-state index in [0.29, 0.717) is 27.2 Å². The molecule has 5 amide bonds. The summed E-state index contributed by atoms with van der Waals surface area (Å²) < 4.78 is 1.57. The number of aryl methyl sites for hydroxylation is 1. The Kier molecular flexibility index (Phi) is 13.9. The van der Waals surface area contributed by atoms with Crippen molar-refractivity contribution < 1.29 is 24.0 Å². The highest BCUT2D eigenvalue weighted by atomic mass is 79.9. The summed E-state index contributed by atoms with van der Waals surface area (Å²) in [6.45, 7) is 8.60. The molecule has 8 rings (SSSR count). The third-order valence-electron chi connectivity index (χ3n) is 11.3. The molecule has 1 unspecified atom stereocenters. The lowest BCUT2D eigenvalue weighted by molar-refractivity contribution is -0.136. The van der Waals surface area contributed by atoms with Crippen LogP contribution in [0.2, 0.25) is 0 Å². The van der Waals surface area contributed by atoms with E-state index in [0.717, 1.165) is 74.8 Å². The number of carbonyl (C=O) groups is 5. The molecule has 0 bridgehead atoms. The summed E-state index contributed by atoms with van der Waals surface area (Å²) in [7, 11) is 3.76. The standard InChI is InChI=1S/C30H33N5O5.C6H13N.C5H6BrN3O/c36-26-9-8-25(27(37)31-26)35-29(39)23-7-6-22(18-24(23)30(35)40)33-12-10-20(11-13-33)19-32-14-16-34(17-15-32)28(38)21-4-2-1-3-5-21;1-7-5-3-2-4-6-7;1-9-5(10)4(6)3(7)2-8-9/h1-7,18,20,25H,8-17,19H2,(H,31,36,37);2-6H2,1H3;2H,7H2,1H3. The fourth-order valence-electron chi connectivity index (χ4n) is 7.87. The molecule has 2 aromatic carbocycles. The minimum atomic E-state index is -0.956. The Morgan fingerprint density at radius 3 is 2.11 bits per heavy atom. The largest absolute Gasteiger partial charge is 0.396 e. The average Bonchev–Trinajstić information content (AvgIpc) is 3.47. The van der Waals surface area contributed by atoms with Crippen molar-refractivity contribution in [2.45, 2.75) is 51.0 Å². The zero-order chi connectivity index (χ0) is 40.6. The number of amides is 5. The van der Waals surface area contributed by atoms with Crippen LogP contribution in [-0.2, 0) is 16.6 Å². The van der Waals surface area contributed by atoms with Gasteiger partial charge in [0.2, 0.25) is 11.8 Å². The Hall–Kier alpha value is -4.93. The first-order chi connectivity index (χ1) is 27.4. The summed E-state index contributed by atoms with van der Waals surface area (Å²) in [6, 6.07) is 13.8. The van der Waals surface area contributed by atoms with Gasteiger partial charge in [-0.3, -0.25) is 43.9 Å². The maximum absolute atomic E-state index is 13.2. The van der Waals surface area contributed by atoms with Crippen LogP contribution >= 0.6 is 15.9 Å². The van der Waals surface area contributed by atoms with E-state index in [-0.39, 0.29) is 30.2 Å². The van der Waals surface area contributed by atoms with E-state index < -0.39 is 23.8 Å². The number of nitrogens with one attached hydrogen (secondary N) is 1. The van der Waals surface area contributed by atoms with E-state index in [1.54, 1.807) is 19.2 Å². The van der Waals surface area contributed by atoms with E-state index in [9.17, 15) is 28.8 Å². The normalized spacial score (nSPS) is 20.6. The molecular formula is C41H52BrN9O6. The van der Waals surface area contributed by atoms with E-state index in [1.807, 2.05) is 41.3 Å². The number of nitrogens with two attached hydrogens (primary N) is 1. The average molecular weight is 847 g/mol. The summed E-state index contributed by atoms with van der Waals surface area (Å²) in [5.74, 6) is -1.28. The summed E-state index contributed by atoms with van der Waals surface area (Å²) in [5, 5.41) is 5.92. The second kappa shape index (κ2) is 19.0. The molecule has 5 aliphatic heterocycles. The minimum Gasteiger partial charge on any atom is -0.396 e. The number of benzene rings is 2. The molecule has 1 aromatic heterocycles. The number of rotatable bonds is 5. The van der Waals surface area contributed by atoms with Gasteiger partial charge in [0, 0.05) is 70.5 Å². The number of anilines is 2. The molecule has 3 aromatic rings. The Labute approximate surface area is 341 Å². The summed E-state index contributed by atoms with van der Waals surface area (Å²) >= 11 is 3.03. The van der Waals surface area contributed by atoms with Gasteiger partial charge in [-0.15, -0.1) is 0 Å². The second-order valence-electron chi connectivity index (χ2n) is 15.3. The van der Waals surface area contributed by atoms with Crippen molar-refractivity contribution in [2.75, 3.05) is 76.6 Å². The molecule has 6 heterocycles. The highest BCUT2D eigenvalue weighted by molar-refractivity contribution is 9.10. The number of hydrogen-bond acceptors (Lipinski definition) is 11. The number of piperidine rings is 3. The molecule has 5 aliphatic rings. The molecule has 304 valence electrons. The maximum Gasteiger partial charge on any atom is 0.282 e. The number of piperazine rings is 1. The number of halogens is 1. The monoisotopic (exact) mass is 845 g/mol. The lowest BCUT2D eigenvalue weighted by atomic mass is 9.95. The van der Waals surface area contributed by atoms with Gasteiger partial charge in [-0.05, 0) is 104 Å². The van der Waals surface area contributed by atoms with Crippen LogP contribution in [0.25, 0.3) is 0 Å². The highest BCUT2D eigenvalue weighted by Gasteiger charge is 2.45. The van der Waals surface area contributed by atoms with Crippen molar-refractivity contribution in [1.82, 2.24) is 34.7 Å². The van der Waals surface area contributed by atoms with Gasteiger partial charge in [-0.2, -0.15) is 5.10 Å². The van der Waals surface area contributed by atoms with E-state index in [4.69, 9.17) is 5.73 Å². The van der Waals surface area contributed by atoms with Crippen LogP contribution in [0.1, 0.15) is 76.0 Å². The molecule has 15 nitrogen and oxygen atoms in total. The Morgan fingerprint density at radius 1 is 0.825 bits per heavy atom. The molecule has 0 spiro atoms. The van der Waals surface area contributed by atoms with Gasteiger partial charge in [0.05, 0.1) is 23.0 Å². The van der Waals surface area contributed by atoms with Gasteiger partial charge in [0.1, 0.15) is 10.5 Å². The number of nitrogens with zero attached hydrogens (tertiary/aromatic N) is 7. The Morgan fingerprint density at radius 2 is 1.49 bits per heavy atom. The molecule has 3 N–H and O–H groups in total. The van der Waals surface area contributed by atoms with Crippen molar-refractivity contribution in [3.63, 3.8) is 0 Å². The van der Waals surface area contributed by atoms with Crippen LogP contribution in [0.5, 0.6) is 0 Å². The van der Waals surface area contributed by atoms with E-state index >= 15 is 0 Å². The van der Waals surface area contributed by atoms with Crippen LogP contribution in [0.4, 0.5) is 11.4 Å². The number of fused-ring (bicyclic) bond motifs is 1. The van der Waals surface area contributed by atoms with Crippen molar-refractivity contribution in [3.05, 3.63) is 86.2 Å². The van der Waals surface area contributed by atoms with Gasteiger partial charge in [-0.25, -0.2) is 4.68 Å². The zero-order valence-electron chi connectivity index (χ0n) is 32.7. The molecule has 4 fully saturated rings. The van der Waals surface area contributed by atoms with Crippen LogP contribution < -0.4 is 21.5 Å². The summed E-state index contributed by atoms with van der Waals surface area (Å²) in [4.78, 5) is 83.7. The fraction of sp³-hybridized carbons (Fsp3) is 0.488. The van der Waals surface area contributed by atoms with Crippen molar-refractivity contribution in [2.24, 2.45) is 13.0 Å². The van der Waals surface area contributed by atoms with Gasteiger partial charge >= 0.3 is 0 Å². The lowest BCUT2D eigenvalue weighted by Crippen LogP contribution is -2.54. The Bertz CT molecular complexity index is 2000. The lowest BCUT2D eigenvalue weighted by Gasteiger charge is -2.39. The molecule has 4 saturated heterocycles. The first kappa shape index (κ1) is 41.7. The predicted octanol–water partition coefficient (Wildman–Crippen LogP) is 2.99. The van der Waals surface area contributed by atoms with Gasteiger partial charge in [0.25, 0.3) is 23.3 Å². The van der Waals surface area contributed by atoms with Crippen LogP contribution in [0, 0.1) is 5.92 Å². The van der Waals surface area contributed by atoms with Crippen LogP contribution in [-0.4, -0.2) is 131 Å². The molecule has 1 atom stereocenters. The first-order valence-electron chi connectivity index (χ1n) is 19.7. The number of likely N-dealkylation sites (tertiary alicyclic amines) is 1. The van der Waals surface area contributed by atoms with E-state index in [2.05, 4.69) is 48.1 Å². The highest BCUT2D eigenvalue weighted by Crippen LogP contribution is 2.32. The third kappa shape index (κ3) is 10.1. The fourth-order valence-corrected chi connectivity index (χ4v) is 8.23. The van der Waals surface area contributed by atoms with Crippen molar-refractivity contribution in [3.8, 4) is 0 Å². The molecule has 0 saturated carbocycles. The smallest absolute Gasteiger partial charge is 0.282 e. The maximum atomic E-state index is 13.2. The molecule has 57 heavy (non-hydrogen) atoms. The van der Waals surface area contributed by atoms with Gasteiger partial charge < -0.3 is 20.4 Å². The number of nitrogen functional groups attached to an aromatic ring is 1. The zero-order valence-corrected chi connectivity index (χ0v) is 34.3. The number of carbonyl (C=O) groups excluding carboxylic acids is 5. The second-order valence-corrected chi connectivity index (χ2v) is 16.1. The third-order valence-corrected chi connectivity index (χ3v) is 12.1. The molecular weight excluding hydrogens is 794 g/mol. The number of imide groups is 2. The van der Waals surface area contributed by atoms with Gasteiger partial charge in [0.15, 0.2) is 0 Å². The molecule has 0 aliphatic carbocycles. The first-order valence-corrected chi connectivity index (χ1v) is 20.5. The SMILES string of the molecule is CN1CCCCC1.Cn1ncc(N)c(Br)c1=O.O=C1CCC(N2C(=O)c3ccc(N4CCC(CN5CCN(C(=O)c6ccccc6)CC5)CC4)cc3C2=O)C(=O)N1. The summed E-state index contributed by atoms with van der Waals surface area (Å²) in [6.07, 6.45) is 7.99. The summed E-state index contributed by atoms with van der Waals surface area (Å²) in [5.41, 5.74) is 7.77. The molecule has 16 heteroatoms. The van der Waals surface area contributed by atoms with Gasteiger partial charge in [-0.1, -0.05) is 24.6 Å². The topological polar surface area (TPSA) is 174 Å². The number of hydrogen-bond donors (Lipinski definition) is 2. The van der Waals surface area contributed by atoms with Crippen molar-refractivity contribution >= 4 is 56.8 Å². The predicted molar refractivity (Wildman–Crippen MR) is 220 cm³/mol. The number of aromatic nitrogens is 2. The van der Waals surface area contributed by atoms with Crippen molar-refractivity contribution in [1.29, 1.82) is 0 Å². The quantitative estimate of drug-likeness (QED) is 0.362. The minimum absolute atomic E-state index is 0.100. The van der Waals surface area contributed by atoms with Crippen LogP contribution in [0.15, 0.2) is 64.0 Å². The van der Waals surface area contributed by atoms with Crippen LogP contribution in [0.3, 0.4) is 0 Å². The molecule has 0 radical (unpaired) electrons. The Balaban J connectivity index is 0.000000266.